The molecule has 0 saturated carbocycles. The van der Waals surface area contributed by atoms with E-state index < -0.39 is 0 Å². The summed E-state index contributed by atoms with van der Waals surface area (Å²) in [6.45, 7) is 4.36. The van der Waals surface area contributed by atoms with Crippen molar-refractivity contribution in [3.8, 4) is 11.1 Å². The predicted octanol–water partition coefficient (Wildman–Crippen LogP) is 0.412. The average molecular weight is 307 g/mol. The van der Waals surface area contributed by atoms with E-state index in [0.29, 0.717) is 0 Å². The molecule has 2 aromatic rings. The molecule has 76 valence electrons. The van der Waals surface area contributed by atoms with Gasteiger partial charge in [0.05, 0.1) is 0 Å². The first-order valence-electron chi connectivity index (χ1n) is 5.10. The molecule has 0 saturated heterocycles. The van der Waals surface area contributed by atoms with Crippen molar-refractivity contribution in [1.82, 2.24) is 0 Å². The van der Waals surface area contributed by atoms with Crippen molar-refractivity contribution in [3.63, 3.8) is 0 Å². The third-order valence-corrected chi connectivity index (χ3v) is 5.69. The summed E-state index contributed by atoms with van der Waals surface area (Å²) in [6, 6.07) is 13.7. The van der Waals surface area contributed by atoms with Gasteiger partial charge in [-0.15, -0.1) is 0 Å². The van der Waals surface area contributed by atoms with E-state index >= 15 is 0 Å². The van der Waals surface area contributed by atoms with E-state index in [0.717, 1.165) is 0 Å². The van der Waals surface area contributed by atoms with E-state index in [1.165, 1.54) is 22.3 Å². The van der Waals surface area contributed by atoms with E-state index in [1.807, 2.05) is 0 Å². The molecule has 2 aromatic carbocycles. The summed E-state index contributed by atoms with van der Waals surface area (Å²) in [5.74, 6) is 0. The van der Waals surface area contributed by atoms with E-state index in [4.69, 9.17) is 0 Å². The molecule has 1 heteroatoms. The molecule has 0 spiro atoms. The number of aryl methyl sites for hydroxylation is 2. The molecule has 0 N–H and O–H groups in total. The topological polar surface area (TPSA) is 0 Å². The van der Waals surface area contributed by atoms with Crippen LogP contribution in [0.4, 0.5) is 0 Å². The SMILES string of the molecule is Cc1ccc2c(c1)[I-]c1cc(C)ccc1-2. The average Bonchev–Trinajstić information content (AvgIpc) is 2.53. The van der Waals surface area contributed by atoms with Crippen molar-refractivity contribution < 1.29 is 21.2 Å². The standard InChI is InChI=1S/C14H12I/c1-9-3-5-11-12-6-4-10(2)8-14(12)15-13(11)7-9/h3-8H,1-2H3/q-1. The number of hydrogen-bond donors (Lipinski definition) is 0. The zero-order valence-corrected chi connectivity index (χ0v) is 11.0. The molecule has 3 rings (SSSR count). The summed E-state index contributed by atoms with van der Waals surface area (Å²) in [5.41, 5.74) is 5.72. The van der Waals surface area contributed by atoms with E-state index in [9.17, 15) is 0 Å². The number of fused-ring (bicyclic) bond motifs is 3. The molecule has 1 heterocycles. The van der Waals surface area contributed by atoms with Crippen LogP contribution in [0.2, 0.25) is 0 Å². The Balaban J connectivity index is 2.24. The van der Waals surface area contributed by atoms with Gasteiger partial charge in [-0.2, -0.15) is 0 Å². The van der Waals surface area contributed by atoms with Crippen LogP contribution in [-0.4, -0.2) is 0 Å². The van der Waals surface area contributed by atoms with Gasteiger partial charge >= 0.3 is 101 Å². The van der Waals surface area contributed by atoms with Gasteiger partial charge in [-0.1, -0.05) is 0 Å². The van der Waals surface area contributed by atoms with Crippen LogP contribution >= 0.6 is 0 Å². The van der Waals surface area contributed by atoms with Gasteiger partial charge < -0.3 is 0 Å². The van der Waals surface area contributed by atoms with E-state index in [-0.39, 0.29) is 21.2 Å². The fourth-order valence-electron chi connectivity index (χ4n) is 1.94. The summed E-state index contributed by atoms with van der Waals surface area (Å²) in [7, 11) is 0. The van der Waals surface area contributed by atoms with Crippen LogP contribution in [0.15, 0.2) is 36.4 Å². The van der Waals surface area contributed by atoms with Gasteiger partial charge in [0.25, 0.3) is 0 Å². The summed E-state index contributed by atoms with van der Waals surface area (Å²) >= 11 is 0.0692. The third kappa shape index (κ3) is 1.49. The van der Waals surface area contributed by atoms with Crippen molar-refractivity contribution in [2.75, 3.05) is 0 Å². The van der Waals surface area contributed by atoms with Crippen molar-refractivity contribution in [2.24, 2.45) is 0 Å². The van der Waals surface area contributed by atoms with Gasteiger partial charge in [0, 0.05) is 0 Å². The molecule has 0 aromatic heterocycles. The van der Waals surface area contributed by atoms with Crippen LogP contribution in [0, 0.1) is 21.0 Å². The maximum atomic E-state index is 2.36. The number of rotatable bonds is 0. The molecule has 15 heavy (non-hydrogen) atoms. The Bertz CT molecular complexity index is 492. The Hall–Kier alpha value is -0.830. The molecule has 0 radical (unpaired) electrons. The number of halogens is 1. The zero-order valence-electron chi connectivity index (χ0n) is 8.84. The Morgan fingerprint density at radius 3 is 1.67 bits per heavy atom. The zero-order chi connectivity index (χ0) is 10.4. The molecule has 1 aliphatic heterocycles. The summed E-state index contributed by atoms with van der Waals surface area (Å²) in [5, 5.41) is 0. The predicted molar refractivity (Wildman–Crippen MR) is 58.7 cm³/mol. The molecular formula is C14H12I-. The Morgan fingerprint density at radius 2 is 1.20 bits per heavy atom. The normalized spacial score (nSPS) is 12.9. The minimum absolute atomic E-state index is 0.0692. The Kier molecular flexibility index (Phi) is 2.09. The molecule has 0 aliphatic carbocycles. The monoisotopic (exact) mass is 307 g/mol. The second-order valence-corrected chi connectivity index (χ2v) is 6.92. The molecule has 0 atom stereocenters. The fraction of sp³-hybridized carbons (Fsp3) is 0.143. The van der Waals surface area contributed by atoms with Gasteiger partial charge in [0.2, 0.25) is 0 Å². The summed E-state index contributed by atoms with van der Waals surface area (Å²) in [6.07, 6.45) is 0. The molecule has 0 fully saturated rings. The van der Waals surface area contributed by atoms with Gasteiger partial charge in [0.1, 0.15) is 0 Å². The minimum atomic E-state index is 0.0692. The first-order chi connectivity index (χ1) is 7.24. The van der Waals surface area contributed by atoms with Crippen molar-refractivity contribution in [3.05, 3.63) is 54.7 Å². The third-order valence-electron chi connectivity index (χ3n) is 2.74. The molecular weight excluding hydrogens is 295 g/mol. The van der Waals surface area contributed by atoms with Crippen molar-refractivity contribution >= 4 is 0 Å². The van der Waals surface area contributed by atoms with Crippen LogP contribution in [0.1, 0.15) is 11.1 Å². The van der Waals surface area contributed by atoms with Crippen LogP contribution < -0.4 is 21.2 Å². The van der Waals surface area contributed by atoms with E-state index in [1.54, 1.807) is 7.14 Å². The van der Waals surface area contributed by atoms with Crippen LogP contribution in [0.5, 0.6) is 0 Å². The van der Waals surface area contributed by atoms with Gasteiger partial charge in [-0.3, -0.25) is 0 Å². The molecule has 0 amide bonds. The quantitative estimate of drug-likeness (QED) is 0.528. The number of hydrogen-bond acceptors (Lipinski definition) is 0. The van der Waals surface area contributed by atoms with Gasteiger partial charge in [-0.25, -0.2) is 0 Å². The second-order valence-electron chi connectivity index (χ2n) is 4.06. The number of benzene rings is 2. The first kappa shape index (κ1) is 9.40. The molecule has 1 aliphatic rings. The van der Waals surface area contributed by atoms with Crippen LogP contribution in [0.25, 0.3) is 11.1 Å². The molecule has 0 unspecified atom stereocenters. The van der Waals surface area contributed by atoms with Crippen LogP contribution in [0.3, 0.4) is 0 Å². The van der Waals surface area contributed by atoms with Crippen LogP contribution in [-0.2, 0) is 0 Å². The van der Waals surface area contributed by atoms with Crippen molar-refractivity contribution in [2.45, 2.75) is 13.8 Å². The molecule has 0 bridgehead atoms. The van der Waals surface area contributed by atoms with Crippen molar-refractivity contribution in [1.29, 1.82) is 0 Å². The fourth-order valence-corrected chi connectivity index (χ4v) is 5.38. The molecule has 0 nitrogen and oxygen atoms in total. The summed E-state index contributed by atoms with van der Waals surface area (Å²) in [4.78, 5) is 0. The second kappa shape index (κ2) is 3.34. The Labute approximate surface area is 101 Å². The van der Waals surface area contributed by atoms with Gasteiger partial charge in [0.15, 0.2) is 0 Å². The first-order valence-corrected chi connectivity index (χ1v) is 7.26. The van der Waals surface area contributed by atoms with E-state index in [2.05, 4.69) is 50.2 Å². The summed E-state index contributed by atoms with van der Waals surface area (Å²) < 4.78 is 3.18. The Morgan fingerprint density at radius 1 is 0.733 bits per heavy atom. The van der Waals surface area contributed by atoms with Gasteiger partial charge in [-0.05, 0) is 0 Å². The maximum absolute atomic E-state index is 2.36.